The maximum atomic E-state index is 12.5. The smallest absolute Gasteiger partial charge is 0.168 e. The molecule has 3 rings (SSSR count). The average Bonchev–Trinajstić information content (AvgIpc) is 2.50. The van der Waals surface area contributed by atoms with Gasteiger partial charge in [-0.05, 0) is 36.2 Å². The zero-order valence-electron chi connectivity index (χ0n) is 11.6. The molecule has 0 aliphatic heterocycles. The second kappa shape index (κ2) is 5.66. The van der Waals surface area contributed by atoms with Crippen molar-refractivity contribution < 1.29 is 4.79 Å². The summed E-state index contributed by atoms with van der Waals surface area (Å²) in [4.78, 5) is 16.8. The second-order valence-corrected chi connectivity index (χ2v) is 5.40. The first-order valence-corrected chi connectivity index (χ1v) is 7.15. The van der Waals surface area contributed by atoms with Gasteiger partial charge in [0.2, 0.25) is 0 Å². The van der Waals surface area contributed by atoms with E-state index in [4.69, 9.17) is 11.6 Å². The molecule has 0 fully saturated rings. The van der Waals surface area contributed by atoms with E-state index in [1.807, 2.05) is 49.4 Å². The standard InChI is InChI=1S/C18H14ClNO/c1-12-5-4-7-15(18(12)19)17(21)11-13-9-10-20-16-8-3-2-6-14(13)16/h2-10H,11H2,1H3. The van der Waals surface area contributed by atoms with Crippen LogP contribution in [0.3, 0.4) is 0 Å². The summed E-state index contributed by atoms with van der Waals surface area (Å²) in [5.41, 5.74) is 3.38. The number of nitrogens with zero attached hydrogens (tertiary/aromatic N) is 1. The number of hydrogen-bond donors (Lipinski definition) is 0. The number of benzene rings is 2. The molecule has 0 spiro atoms. The van der Waals surface area contributed by atoms with Gasteiger partial charge in [-0.1, -0.05) is 41.9 Å². The molecule has 1 aromatic heterocycles. The van der Waals surface area contributed by atoms with Gasteiger partial charge < -0.3 is 0 Å². The van der Waals surface area contributed by atoms with Crippen molar-refractivity contribution in [2.75, 3.05) is 0 Å². The van der Waals surface area contributed by atoms with Gasteiger partial charge in [0.25, 0.3) is 0 Å². The van der Waals surface area contributed by atoms with Crippen molar-refractivity contribution in [1.82, 2.24) is 4.98 Å². The van der Waals surface area contributed by atoms with Crippen molar-refractivity contribution in [3.8, 4) is 0 Å². The van der Waals surface area contributed by atoms with Crippen LogP contribution in [0, 0.1) is 6.92 Å². The molecule has 1 heterocycles. The third-order valence-corrected chi connectivity index (χ3v) is 4.08. The molecule has 0 aliphatic carbocycles. The van der Waals surface area contributed by atoms with Crippen LogP contribution in [0.1, 0.15) is 21.5 Å². The summed E-state index contributed by atoms with van der Waals surface area (Å²) >= 11 is 6.24. The Balaban J connectivity index is 1.99. The van der Waals surface area contributed by atoms with Crippen LogP contribution >= 0.6 is 11.6 Å². The van der Waals surface area contributed by atoms with Crippen LogP contribution in [0.2, 0.25) is 5.02 Å². The van der Waals surface area contributed by atoms with Crippen LogP contribution < -0.4 is 0 Å². The highest BCUT2D eigenvalue weighted by Crippen LogP contribution is 2.23. The first-order valence-electron chi connectivity index (χ1n) is 6.78. The Labute approximate surface area is 128 Å². The van der Waals surface area contributed by atoms with Crippen LogP contribution in [0.5, 0.6) is 0 Å². The van der Waals surface area contributed by atoms with E-state index in [2.05, 4.69) is 4.98 Å². The molecule has 3 aromatic rings. The van der Waals surface area contributed by atoms with Gasteiger partial charge >= 0.3 is 0 Å². The van der Waals surface area contributed by atoms with Crippen molar-refractivity contribution in [3.05, 3.63) is 76.4 Å². The molecule has 0 unspecified atom stereocenters. The lowest BCUT2D eigenvalue weighted by molar-refractivity contribution is 0.0993. The predicted molar refractivity (Wildman–Crippen MR) is 86.0 cm³/mol. The highest BCUT2D eigenvalue weighted by molar-refractivity contribution is 6.34. The van der Waals surface area contributed by atoms with Crippen LogP contribution in [0.4, 0.5) is 0 Å². The first-order chi connectivity index (χ1) is 10.2. The number of aromatic nitrogens is 1. The number of carbonyl (C=O) groups is 1. The largest absolute Gasteiger partial charge is 0.294 e. The van der Waals surface area contributed by atoms with E-state index < -0.39 is 0 Å². The quantitative estimate of drug-likeness (QED) is 0.660. The maximum Gasteiger partial charge on any atom is 0.168 e. The summed E-state index contributed by atoms with van der Waals surface area (Å²) in [6, 6.07) is 15.3. The third-order valence-electron chi connectivity index (χ3n) is 3.58. The SMILES string of the molecule is Cc1cccc(C(=O)Cc2ccnc3ccccc23)c1Cl. The van der Waals surface area contributed by atoms with Gasteiger partial charge in [0, 0.05) is 23.6 Å². The summed E-state index contributed by atoms with van der Waals surface area (Å²) in [5, 5.41) is 1.55. The number of hydrogen-bond acceptors (Lipinski definition) is 2. The molecule has 0 radical (unpaired) electrons. The Morgan fingerprint density at radius 3 is 2.76 bits per heavy atom. The topological polar surface area (TPSA) is 30.0 Å². The lowest BCUT2D eigenvalue weighted by Gasteiger charge is -2.08. The lowest BCUT2D eigenvalue weighted by Crippen LogP contribution is -2.05. The zero-order valence-corrected chi connectivity index (χ0v) is 12.4. The fraction of sp³-hybridized carbons (Fsp3) is 0.111. The van der Waals surface area contributed by atoms with Crippen LogP contribution in [0.15, 0.2) is 54.7 Å². The van der Waals surface area contributed by atoms with E-state index in [1.54, 1.807) is 12.3 Å². The number of aryl methyl sites for hydroxylation is 1. The van der Waals surface area contributed by atoms with Gasteiger partial charge in [-0.2, -0.15) is 0 Å². The molecule has 21 heavy (non-hydrogen) atoms. The minimum Gasteiger partial charge on any atom is -0.294 e. The molecule has 2 aromatic carbocycles. The highest BCUT2D eigenvalue weighted by Gasteiger charge is 2.13. The van der Waals surface area contributed by atoms with Crippen molar-refractivity contribution in [3.63, 3.8) is 0 Å². The number of ketones is 1. The van der Waals surface area contributed by atoms with Crippen molar-refractivity contribution >= 4 is 28.3 Å². The lowest BCUT2D eigenvalue weighted by atomic mass is 9.99. The number of halogens is 1. The average molecular weight is 296 g/mol. The van der Waals surface area contributed by atoms with E-state index in [1.165, 1.54) is 0 Å². The number of Topliss-reactive ketones (excluding diaryl/α,β-unsaturated/α-hetero) is 1. The van der Waals surface area contributed by atoms with Crippen molar-refractivity contribution in [2.24, 2.45) is 0 Å². The van der Waals surface area contributed by atoms with Gasteiger partial charge in [0.15, 0.2) is 5.78 Å². The predicted octanol–water partition coefficient (Wildman–Crippen LogP) is 4.62. The minimum absolute atomic E-state index is 0.0278. The zero-order chi connectivity index (χ0) is 14.8. The van der Waals surface area contributed by atoms with Crippen LogP contribution in [-0.4, -0.2) is 10.8 Å². The van der Waals surface area contributed by atoms with E-state index in [-0.39, 0.29) is 5.78 Å². The first kappa shape index (κ1) is 13.8. The summed E-state index contributed by atoms with van der Waals surface area (Å²) in [6.07, 6.45) is 2.06. The number of fused-ring (bicyclic) bond motifs is 1. The Bertz CT molecular complexity index is 821. The monoisotopic (exact) mass is 295 g/mol. The van der Waals surface area contributed by atoms with E-state index >= 15 is 0 Å². The van der Waals surface area contributed by atoms with E-state index in [0.29, 0.717) is 17.0 Å². The number of para-hydroxylation sites is 1. The van der Waals surface area contributed by atoms with Crippen LogP contribution in [-0.2, 0) is 6.42 Å². The second-order valence-electron chi connectivity index (χ2n) is 5.02. The van der Waals surface area contributed by atoms with Crippen molar-refractivity contribution in [2.45, 2.75) is 13.3 Å². The summed E-state index contributed by atoms with van der Waals surface area (Å²) < 4.78 is 0. The number of rotatable bonds is 3. The van der Waals surface area contributed by atoms with Crippen molar-refractivity contribution in [1.29, 1.82) is 0 Å². The fourth-order valence-corrected chi connectivity index (χ4v) is 2.67. The molecule has 0 aliphatic rings. The Morgan fingerprint density at radius 1 is 1.10 bits per heavy atom. The Hall–Kier alpha value is -2.19. The highest BCUT2D eigenvalue weighted by atomic mass is 35.5. The van der Waals surface area contributed by atoms with E-state index in [0.717, 1.165) is 22.0 Å². The molecule has 0 N–H and O–H groups in total. The summed E-state index contributed by atoms with van der Waals surface area (Å²) in [7, 11) is 0. The molecule has 0 atom stereocenters. The van der Waals surface area contributed by atoms with Gasteiger partial charge in [-0.25, -0.2) is 0 Å². The molecular weight excluding hydrogens is 282 g/mol. The van der Waals surface area contributed by atoms with E-state index in [9.17, 15) is 4.79 Å². The molecule has 3 heteroatoms. The molecule has 0 saturated heterocycles. The van der Waals surface area contributed by atoms with Gasteiger partial charge in [0.05, 0.1) is 10.5 Å². The normalized spacial score (nSPS) is 10.8. The Morgan fingerprint density at radius 2 is 1.90 bits per heavy atom. The van der Waals surface area contributed by atoms with Gasteiger partial charge in [-0.3, -0.25) is 9.78 Å². The summed E-state index contributed by atoms with van der Waals surface area (Å²) in [5.74, 6) is 0.0278. The number of carbonyl (C=O) groups excluding carboxylic acids is 1. The molecule has 0 saturated carbocycles. The minimum atomic E-state index is 0.0278. The van der Waals surface area contributed by atoms with Crippen LogP contribution in [0.25, 0.3) is 10.9 Å². The molecule has 0 bridgehead atoms. The number of pyridine rings is 1. The van der Waals surface area contributed by atoms with Gasteiger partial charge in [-0.15, -0.1) is 0 Å². The molecule has 2 nitrogen and oxygen atoms in total. The summed E-state index contributed by atoms with van der Waals surface area (Å²) in [6.45, 7) is 1.90. The fourth-order valence-electron chi connectivity index (χ4n) is 2.44. The third kappa shape index (κ3) is 2.67. The van der Waals surface area contributed by atoms with Gasteiger partial charge in [0.1, 0.15) is 0 Å². The maximum absolute atomic E-state index is 12.5. The molecule has 104 valence electrons. The molecular formula is C18H14ClNO. The Kier molecular flexibility index (Phi) is 3.72. The molecule has 0 amide bonds.